The van der Waals surface area contributed by atoms with E-state index in [4.69, 9.17) is 0 Å². The zero-order valence-corrected chi connectivity index (χ0v) is 13.7. The van der Waals surface area contributed by atoms with Crippen LogP contribution < -0.4 is 5.01 Å². The molecule has 0 heterocycles. The van der Waals surface area contributed by atoms with Gasteiger partial charge in [0.1, 0.15) is 0 Å². The number of para-hydroxylation sites is 2. The summed E-state index contributed by atoms with van der Waals surface area (Å²) in [6.07, 6.45) is 6.70. The number of hydrogen-bond acceptors (Lipinski definition) is 2. The summed E-state index contributed by atoms with van der Waals surface area (Å²) in [5.41, 5.74) is 2.17. The first-order valence-corrected chi connectivity index (χ1v) is 8.52. The van der Waals surface area contributed by atoms with Crippen LogP contribution in [0.2, 0.25) is 0 Å². The third-order valence-corrected chi connectivity index (χ3v) is 3.73. The number of nitrogens with zero attached hydrogens (tertiary/aromatic N) is 2. The van der Waals surface area contributed by atoms with Gasteiger partial charge >= 0.3 is 0 Å². The summed E-state index contributed by atoms with van der Waals surface area (Å²) in [6.45, 7) is 0. The molecule has 2 nitrogen and oxygen atoms in total. The number of halogens is 1. The van der Waals surface area contributed by atoms with Crippen LogP contribution in [-0.4, -0.2) is 11.5 Å². The minimum absolute atomic E-state index is 1.02. The lowest BCUT2D eigenvalue weighted by atomic mass is 10.2. The highest BCUT2D eigenvalue weighted by Gasteiger charge is 2.05. The van der Waals surface area contributed by atoms with Crippen LogP contribution in [0.3, 0.4) is 0 Å². The first-order chi connectivity index (χ1) is 10.4. The molecule has 0 N–H and O–H groups in total. The molecule has 3 heteroatoms. The van der Waals surface area contributed by atoms with Crippen molar-refractivity contribution in [2.24, 2.45) is 5.10 Å². The van der Waals surface area contributed by atoms with Gasteiger partial charge in [-0.25, -0.2) is 5.01 Å². The molecule has 0 aliphatic carbocycles. The number of rotatable bonds is 8. The molecule has 21 heavy (non-hydrogen) atoms. The number of anilines is 2. The van der Waals surface area contributed by atoms with Gasteiger partial charge in [-0.2, -0.15) is 5.10 Å². The maximum Gasteiger partial charge on any atom is 0.0652 e. The van der Waals surface area contributed by atoms with E-state index < -0.39 is 0 Å². The van der Waals surface area contributed by atoms with Gasteiger partial charge in [0.25, 0.3) is 0 Å². The molecule has 0 amide bonds. The van der Waals surface area contributed by atoms with Crippen LogP contribution in [0.4, 0.5) is 11.4 Å². The Hall–Kier alpha value is -1.61. The fourth-order valence-corrected chi connectivity index (χ4v) is 2.46. The molecule has 2 aromatic carbocycles. The van der Waals surface area contributed by atoms with Crippen LogP contribution >= 0.6 is 15.9 Å². The van der Waals surface area contributed by atoms with E-state index in [0.29, 0.717) is 0 Å². The maximum atomic E-state index is 4.66. The molecule has 0 bridgehead atoms. The molecule has 0 atom stereocenters. The monoisotopic (exact) mass is 344 g/mol. The Bertz CT molecular complexity index is 486. The highest BCUT2D eigenvalue weighted by molar-refractivity contribution is 9.09. The molecule has 110 valence electrons. The summed E-state index contributed by atoms with van der Waals surface area (Å²) in [6, 6.07) is 20.5. The Balaban J connectivity index is 2.05. The van der Waals surface area contributed by atoms with Crippen LogP contribution in [0.5, 0.6) is 0 Å². The minimum Gasteiger partial charge on any atom is -0.234 e. The first kappa shape index (κ1) is 15.8. The van der Waals surface area contributed by atoms with E-state index in [0.717, 1.165) is 23.1 Å². The number of hydrazone groups is 1. The van der Waals surface area contributed by atoms with Crippen molar-refractivity contribution >= 4 is 33.5 Å². The second kappa shape index (κ2) is 9.35. The number of benzene rings is 2. The molecule has 2 aromatic rings. The van der Waals surface area contributed by atoms with E-state index in [1.165, 1.54) is 19.3 Å². The molecular weight excluding hydrogens is 324 g/mol. The quantitative estimate of drug-likeness (QED) is 0.257. The van der Waals surface area contributed by atoms with Crippen molar-refractivity contribution in [1.29, 1.82) is 0 Å². The molecule has 0 radical (unpaired) electrons. The lowest BCUT2D eigenvalue weighted by molar-refractivity contribution is 0.753. The molecular formula is C18H21BrN2. The van der Waals surface area contributed by atoms with E-state index >= 15 is 0 Å². The standard InChI is InChI=1S/C18H21BrN2/c19-15-9-1-2-10-16-20-21(17-11-5-3-6-12-17)18-13-7-4-8-14-18/h3-8,11-14,16H,1-2,9-10,15H2/b20-16+. The van der Waals surface area contributed by atoms with Gasteiger partial charge in [0.2, 0.25) is 0 Å². The van der Waals surface area contributed by atoms with E-state index in [-0.39, 0.29) is 0 Å². The summed E-state index contributed by atoms with van der Waals surface area (Å²) in [5, 5.41) is 7.74. The predicted octanol–water partition coefficient (Wildman–Crippen LogP) is 5.77. The molecule has 0 saturated heterocycles. The van der Waals surface area contributed by atoms with Crippen molar-refractivity contribution in [2.45, 2.75) is 25.7 Å². The molecule has 0 unspecified atom stereocenters. The van der Waals surface area contributed by atoms with Gasteiger partial charge in [0.05, 0.1) is 11.4 Å². The maximum absolute atomic E-state index is 4.66. The zero-order chi connectivity index (χ0) is 14.8. The molecule has 0 saturated carbocycles. The van der Waals surface area contributed by atoms with E-state index in [9.17, 15) is 0 Å². The number of unbranched alkanes of at least 4 members (excludes halogenated alkanes) is 3. The normalized spacial score (nSPS) is 10.9. The Morgan fingerprint density at radius 2 is 1.38 bits per heavy atom. The molecule has 0 aromatic heterocycles. The van der Waals surface area contributed by atoms with Crippen molar-refractivity contribution < 1.29 is 0 Å². The van der Waals surface area contributed by atoms with E-state index in [1.54, 1.807) is 0 Å². The number of hydrogen-bond donors (Lipinski definition) is 0. The zero-order valence-electron chi connectivity index (χ0n) is 12.2. The van der Waals surface area contributed by atoms with Gasteiger partial charge in [-0.05, 0) is 43.5 Å². The van der Waals surface area contributed by atoms with Gasteiger partial charge in [-0.3, -0.25) is 0 Å². The van der Waals surface area contributed by atoms with Gasteiger partial charge in [-0.1, -0.05) is 58.7 Å². The van der Waals surface area contributed by atoms with Crippen molar-refractivity contribution in [3.05, 3.63) is 60.7 Å². The van der Waals surface area contributed by atoms with Gasteiger partial charge in [0, 0.05) is 11.5 Å². The fraction of sp³-hybridized carbons (Fsp3) is 0.278. The average molecular weight is 345 g/mol. The highest BCUT2D eigenvalue weighted by Crippen LogP contribution is 2.24. The second-order valence-electron chi connectivity index (χ2n) is 4.82. The Morgan fingerprint density at radius 3 is 1.90 bits per heavy atom. The van der Waals surface area contributed by atoms with Crippen molar-refractivity contribution in [3.8, 4) is 0 Å². The third kappa shape index (κ3) is 5.35. The Morgan fingerprint density at radius 1 is 0.810 bits per heavy atom. The number of alkyl halides is 1. The SMILES string of the molecule is BrCCCCC/C=N/N(c1ccccc1)c1ccccc1. The van der Waals surface area contributed by atoms with Crippen LogP contribution in [-0.2, 0) is 0 Å². The van der Waals surface area contributed by atoms with Crippen molar-refractivity contribution in [1.82, 2.24) is 0 Å². The first-order valence-electron chi connectivity index (χ1n) is 7.40. The Kier molecular flexibility index (Phi) is 7.02. The molecule has 0 spiro atoms. The highest BCUT2D eigenvalue weighted by atomic mass is 79.9. The molecule has 0 aliphatic rings. The van der Waals surface area contributed by atoms with Crippen LogP contribution in [0.25, 0.3) is 0 Å². The summed E-state index contributed by atoms with van der Waals surface area (Å²) >= 11 is 3.46. The topological polar surface area (TPSA) is 15.6 Å². The van der Waals surface area contributed by atoms with Gasteiger partial charge in [-0.15, -0.1) is 0 Å². The van der Waals surface area contributed by atoms with Gasteiger partial charge in [0.15, 0.2) is 0 Å². The predicted molar refractivity (Wildman–Crippen MR) is 95.8 cm³/mol. The Labute approximate surface area is 135 Å². The summed E-state index contributed by atoms with van der Waals surface area (Å²) < 4.78 is 0. The lowest BCUT2D eigenvalue weighted by Crippen LogP contribution is -2.08. The molecule has 2 rings (SSSR count). The lowest BCUT2D eigenvalue weighted by Gasteiger charge is -2.19. The van der Waals surface area contributed by atoms with Crippen LogP contribution in [0.1, 0.15) is 25.7 Å². The van der Waals surface area contributed by atoms with E-state index in [1.807, 2.05) is 47.6 Å². The third-order valence-electron chi connectivity index (χ3n) is 3.17. The summed E-state index contributed by atoms with van der Waals surface area (Å²) in [7, 11) is 0. The summed E-state index contributed by atoms with van der Waals surface area (Å²) in [5.74, 6) is 0. The van der Waals surface area contributed by atoms with Crippen LogP contribution in [0.15, 0.2) is 65.8 Å². The van der Waals surface area contributed by atoms with Crippen molar-refractivity contribution in [2.75, 3.05) is 10.3 Å². The second-order valence-corrected chi connectivity index (χ2v) is 5.61. The largest absolute Gasteiger partial charge is 0.234 e. The smallest absolute Gasteiger partial charge is 0.0652 e. The summed E-state index contributed by atoms with van der Waals surface area (Å²) in [4.78, 5) is 0. The minimum atomic E-state index is 1.02. The fourth-order valence-electron chi connectivity index (χ4n) is 2.07. The van der Waals surface area contributed by atoms with Crippen LogP contribution in [0, 0.1) is 0 Å². The van der Waals surface area contributed by atoms with Gasteiger partial charge < -0.3 is 0 Å². The van der Waals surface area contributed by atoms with E-state index in [2.05, 4.69) is 45.3 Å². The average Bonchev–Trinajstić information content (AvgIpc) is 2.56. The molecule has 0 fully saturated rings. The molecule has 0 aliphatic heterocycles. The van der Waals surface area contributed by atoms with Crippen molar-refractivity contribution in [3.63, 3.8) is 0 Å².